The molecule has 0 aliphatic rings. The average molecular weight is 302 g/mol. The third kappa shape index (κ3) is 3.65. The summed E-state index contributed by atoms with van der Waals surface area (Å²) in [5.74, 6) is 0. The lowest BCUT2D eigenvalue weighted by Crippen LogP contribution is -2.17. The number of aromatic nitrogens is 1. The van der Waals surface area contributed by atoms with Crippen molar-refractivity contribution in [3.63, 3.8) is 0 Å². The maximum Gasteiger partial charge on any atom is 0.0886 e. The van der Waals surface area contributed by atoms with E-state index in [1.807, 2.05) is 72.8 Å². The van der Waals surface area contributed by atoms with Gasteiger partial charge in [0.1, 0.15) is 0 Å². The monoisotopic (exact) mass is 302 g/mol. The van der Waals surface area contributed by atoms with Crippen molar-refractivity contribution in [3.8, 4) is 11.1 Å². The van der Waals surface area contributed by atoms with Gasteiger partial charge < -0.3 is 0 Å². The van der Waals surface area contributed by atoms with Crippen LogP contribution < -0.4 is 0 Å². The second kappa shape index (κ2) is 6.90. The number of benzene rings is 2. The zero-order valence-corrected chi connectivity index (χ0v) is 12.8. The summed E-state index contributed by atoms with van der Waals surface area (Å²) >= 11 is 0. The van der Waals surface area contributed by atoms with Crippen LogP contribution in [0.15, 0.2) is 85.6 Å². The standard InChI is InChI=1S/C20H18N2O/c1-16(22(23)15-17-8-4-2-5-9-17)20-14-19(12-13-21-20)18-10-6-3-7-11-18/h2-14,23H,1,15H2. The SMILES string of the molecule is C=C(c1cc(-c2ccccc2)ccn1)N(O)Cc1ccccc1. The molecular formula is C20H18N2O. The lowest BCUT2D eigenvalue weighted by molar-refractivity contribution is -0.0355. The predicted molar refractivity (Wildman–Crippen MR) is 92.5 cm³/mol. The lowest BCUT2D eigenvalue weighted by atomic mass is 10.1. The zero-order valence-electron chi connectivity index (χ0n) is 12.8. The van der Waals surface area contributed by atoms with Crippen LogP contribution in [0, 0.1) is 0 Å². The second-order valence-corrected chi connectivity index (χ2v) is 5.29. The van der Waals surface area contributed by atoms with Crippen LogP contribution in [0.25, 0.3) is 16.8 Å². The molecule has 0 bridgehead atoms. The van der Waals surface area contributed by atoms with Gasteiger partial charge in [0, 0.05) is 6.20 Å². The molecule has 3 heteroatoms. The van der Waals surface area contributed by atoms with Gasteiger partial charge in [-0.2, -0.15) is 0 Å². The van der Waals surface area contributed by atoms with E-state index in [9.17, 15) is 5.21 Å². The van der Waals surface area contributed by atoms with E-state index in [0.717, 1.165) is 21.8 Å². The smallest absolute Gasteiger partial charge is 0.0886 e. The fraction of sp³-hybridized carbons (Fsp3) is 0.0500. The minimum atomic E-state index is 0.372. The summed E-state index contributed by atoms with van der Waals surface area (Å²) in [5, 5.41) is 11.4. The molecule has 0 radical (unpaired) electrons. The van der Waals surface area contributed by atoms with E-state index in [4.69, 9.17) is 0 Å². The molecule has 0 atom stereocenters. The fourth-order valence-electron chi connectivity index (χ4n) is 2.38. The van der Waals surface area contributed by atoms with Crippen LogP contribution in [0.1, 0.15) is 11.3 Å². The van der Waals surface area contributed by atoms with E-state index in [1.165, 1.54) is 0 Å². The molecule has 0 spiro atoms. The maximum absolute atomic E-state index is 10.3. The molecule has 23 heavy (non-hydrogen) atoms. The van der Waals surface area contributed by atoms with E-state index < -0.39 is 0 Å². The molecule has 0 fully saturated rings. The average Bonchev–Trinajstić information content (AvgIpc) is 2.63. The van der Waals surface area contributed by atoms with Crippen LogP contribution in [-0.2, 0) is 6.54 Å². The summed E-state index contributed by atoms with van der Waals surface area (Å²) < 4.78 is 0. The van der Waals surface area contributed by atoms with E-state index in [-0.39, 0.29) is 0 Å². The van der Waals surface area contributed by atoms with E-state index in [2.05, 4.69) is 11.6 Å². The van der Waals surface area contributed by atoms with Crippen molar-refractivity contribution in [2.24, 2.45) is 0 Å². The highest BCUT2D eigenvalue weighted by Crippen LogP contribution is 2.23. The Morgan fingerprint density at radius 1 is 0.913 bits per heavy atom. The van der Waals surface area contributed by atoms with Gasteiger partial charge in [0.25, 0.3) is 0 Å². The van der Waals surface area contributed by atoms with Crippen LogP contribution in [0.3, 0.4) is 0 Å². The molecule has 0 aliphatic heterocycles. The molecule has 3 aromatic rings. The fourth-order valence-corrected chi connectivity index (χ4v) is 2.38. The van der Waals surface area contributed by atoms with Gasteiger partial charge in [0.05, 0.1) is 17.9 Å². The summed E-state index contributed by atoms with van der Waals surface area (Å²) in [7, 11) is 0. The first-order valence-electron chi connectivity index (χ1n) is 7.45. The number of hydroxylamine groups is 2. The Labute approximate surface area is 136 Å². The van der Waals surface area contributed by atoms with Crippen LogP contribution in [0.5, 0.6) is 0 Å². The summed E-state index contributed by atoms with van der Waals surface area (Å²) in [6, 6.07) is 23.7. The Morgan fingerprint density at radius 3 is 2.26 bits per heavy atom. The normalized spacial score (nSPS) is 10.3. The first kappa shape index (κ1) is 15.0. The summed E-state index contributed by atoms with van der Waals surface area (Å²) in [6.45, 7) is 4.34. The van der Waals surface area contributed by atoms with E-state index in [0.29, 0.717) is 17.9 Å². The third-order valence-electron chi connectivity index (χ3n) is 3.65. The number of rotatable bonds is 5. The van der Waals surface area contributed by atoms with Gasteiger partial charge >= 0.3 is 0 Å². The van der Waals surface area contributed by atoms with Crippen LogP contribution >= 0.6 is 0 Å². The highest BCUT2D eigenvalue weighted by molar-refractivity contribution is 5.68. The molecule has 0 unspecified atom stereocenters. The largest absolute Gasteiger partial charge is 0.288 e. The van der Waals surface area contributed by atoms with Crippen molar-refractivity contribution in [1.29, 1.82) is 0 Å². The third-order valence-corrected chi connectivity index (χ3v) is 3.65. The Bertz CT molecular complexity index is 785. The molecule has 1 N–H and O–H groups in total. The Hall–Kier alpha value is -2.91. The van der Waals surface area contributed by atoms with E-state index in [1.54, 1.807) is 6.20 Å². The van der Waals surface area contributed by atoms with Gasteiger partial charge in [0.15, 0.2) is 0 Å². The topological polar surface area (TPSA) is 36.4 Å². The Morgan fingerprint density at radius 2 is 1.57 bits per heavy atom. The molecule has 0 amide bonds. The van der Waals surface area contributed by atoms with Crippen LogP contribution in [0.2, 0.25) is 0 Å². The zero-order chi connectivity index (χ0) is 16.1. The van der Waals surface area contributed by atoms with Crippen LogP contribution in [0.4, 0.5) is 0 Å². The highest BCUT2D eigenvalue weighted by atomic mass is 16.5. The summed E-state index contributed by atoms with van der Waals surface area (Å²) in [5.41, 5.74) is 4.30. The lowest BCUT2D eigenvalue weighted by Gasteiger charge is -2.19. The van der Waals surface area contributed by atoms with Crippen molar-refractivity contribution in [3.05, 3.63) is 96.8 Å². The van der Waals surface area contributed by atoms with Gasteiger partial charge in [-0.15, -0.1) is 0 Å². The van der Waals surface area contributed by atoms with E-state index >= 15 is 0 Å². The van der Waals surface area contributed by atoms with Crippen molar-refractivity contribution in [2.75, 3.05) is 0 Å². The second-order valence-electron chi connectivity index (χ2n) is 5.29. The molecule has 3 nitrogen and oxygen atoms in total. The first-order chi connectivity index (χ1) is 11.2. The maximum atomic E-state index is 10.3. The molecule has 0 saturated carbocycles. The van der Waals surface area contributed by atoms with Gasteiger partial charge in [-0.05, 0) is 28.8 Å². The molecule has 0 aliphatic carbocycles. The Balaban J connectivity index is 1.80. The van der Waals surface area contributed by atoms with Crippen molar-refractivity contribution >= 4 is 5.70 Å². The van der Waals surface area contributed by atoms with Gasteiger partial charge in [-0.25, -0.2) is 0 Å². The molecule has 114 valence electrons. The predicted octanol–water partition coefficient (Wildman–Crippen LogP) is 4.61. The minimum absolute atomic E-state index is 0.372. The van der Waals surface area contributed by atoms with Crippen LogP contribution in [-0.4, -0.2) is 15.3 Å². The highest BCUT2D eigenvalue weighted by Gasteiger charge is 2.10. The van der Waals surface area contributed by atoms with Gasteiger partial charge in [0.2, 0.25) is 0 Å². The van der Waals surface area contributed by atoms with Crippen molar-refractivity contribution in [2.45, 2.75) is 6.54 Å². The molecule has 2 aromatic carbocycles. The first-order valence-corrected chi connectivity index (χ1v) is 7.45. The summed E-state index contributed by atoms with van der Waals surface area (Å²) in [4.78, 5) is 4.33. The minimum Gasteiger partial charge on any atom is -0.288 e. The number of hydrogen-bond acceptors (Lipinski definition) is 3. The van der Waals surface area contributed by atoms with Crippen molar-refractivity contribution in [1.82, 2.24) is 10.0 Å². The quantitative estimate of drug-likeness (QED) is 0.699. The molecular weight excluding hydrogens is 284 g/mol. The molecule has 0 saturated heterocycles. The number of nitrogens with zero attached hydrogens (tertiary/aromatic N) is 2. The number of hydrogen-bond donors (Lipinski definition) is 1. The molecule has 3 rings (SSSR count). The number of pyridine rings is 1. The molecule has 1 aromatic heterocycles. The van der Waals surface area contributed by atoms with Gasteiger partial charge in [-0.3, -0.25) is 15.3 Å². The van der Waals surface area contributed by atoms with Gasteiger partial charge in [-0.1, -0.05) is 67.2 Å². The summed E-state index contributed by atoms with van der Waals surface area (Å²) in [6.07, 6.45) is 1.74. The van der Waals surface area contributed by atoms with Crippen molar-refractivity contribution < 1.29 is 5.21 Å². The Kier molecular flexibility index (Phi) is 4.50. The molecule has 1 heterocycles.